The third-order valence-corrected chi connectivity index (χ3v) is 13.9. The molecule has 0 unspecified atom stereocenters. The van der Waals surface area contributed by atoms with Gasteiger partial charge >= 0.3 is 0 Å². The quantitative estimate of drug-likeness (QED) is 0.159. The summed E-state index contributed by atoms with van der Waals surface area (Å²) in [7, 11) is 0. The smallest absolute Gasteiger partial charge is 0.143 e. The third-order valence-electron chi connectivity index (χ3n) is 13.9. The Balaban J connectivity index is 0.984. The topological polar surface area (TPSA) is 77.1 Å². The average molecular weight is 868 g/mol. The second-order valence-corrected chi connectivity index (χ2v) is 17.4. The fourth-order valence-electron chi connectivity index (χ4n) is 10.8. The van der Waals surface area contributed by atoms with Crippen LogP contribution in [0.25, 0.3) is 77.3 Å². The molecule has 316 valence electrons. The van der Waals surface area contributed by atoms with E-state index in [9.17, 15) is 10.5 Å². The van der Waals surface area contributed by atoms with Crippen molar-refractivity contribution in [2.24, 2.45) is 0 Å². The first-order valence-corrected chi connectivity index (χ1v) is 22.7. The van der Waals surface area contributed by atoms with Gasteiger partial charge in [0.2, 0.25) is 0 Å². The van der Waals surface area contributed by atoms with E-state index in [1.165, 1.54) is 0 Å². The maximum absolute atomic E-state index is 9.81. The maximum Gasteiger partial charge on any atom is 0.143 e. The summed E-state index contributed by atoms with van der Waals surface area (Å²) in [6.07, 6.45) is 0. The van der Waals surface area contributed by atoms with Crippen LogP contribution < -0.4 is 4.90 Å². The first-order chi connectivity index (χ1) is 33.6. The molecular formula is C63H37N3O2. The van der Waals surface area contributed by atoms with Crippen molar-refractivity contribution in [2.45, 2.75) is 5.41 Å². The van der Waals surface area contributed by atoms with Crippen molar-refractivity contribution < 1.29 is 8.83 Å². The molecule has 12 aromatic rings. The molecule has 0 fully saturated rings. The zero-order valence-corrected chi connectivity index (χ0v) is 36.5. The van der Waals surface area contributed by atoms with Gasteiger partial charge in [-0.1, -0.05) is 152 Å². The molecule has 2 heterocycles. The molecule has 0 N–H and O–H groups in total. The first-order valence-electron chi connectivity index (χ1n) is 22.7. The van der Waals surface area contributed by atoms with Crippen LogP contribution in [0.2, 0.25) is 0 Å². The van der Waals surface area contributed by atoms with E-state index in [1.807, 2.05) is 48.5 Å². The highest BCUT2D eigenvalue weighted by Crippen LogP contribution is 2.57. The number of nitrogens with zero attached hydrogens (tertiary/aromatic N) is 3. The van der Waals surface area contributed by atoms with Crippen LogP contribution in [-0.2, 0) is 5.41 Å². The van der Waals surface area contributed by atoms with Crippen LogP contribution in [-0.4, -0.2) is 0 Å². The third kappa shape index (κ3) is 5.87. The van der Waals surface area contributed by atoms with E-state index in [0.717, 1.165) is 117 Å². The molecule has 0 saturated carbocycles. The van der Waals surface area contributed by atoms with E-state index in [2.05, 4.69) is 193 Å². The van der Waals surface area contributed by atoms with E-state index in [-0.39, 0.29) is 0 Å². The molecule has 0 atom stereocenters. The summed E-state index contributed by atoms with van der Waals surface area (Å²) in [6, 6.07) is 82.5. The lowest BCUT2D eigenvalue weighted by molar-refractivity contribution is 0.669. The fraction of sp³-hybridized carbons (Fsp3) is 0.0159. The second kappa shape index (κ2) is 15.4. The molecule has 0 aliphatic heterocycles. The Morgan fingerprint density at radius 2 is 0.779 bits per heavy atom. The van der Waals surface area contributed by atoms with Gasteiger partial charge in [-0.25, -0.2) is 0 Å². The van der Waals surface area contributed by atoms with Crippen LogP contribution in [0.15, 0.2) is 233 Å². The molecule has 0 radical (unpaired) electrons. The zero-order chi connectivity index (χ0) is 45.3. The van der Waals surface area contributed by atoms with Crippen LogP contribution in [0.1, 0.15) is 33.4 Å². The number of hydrogen-bond acceptors (Lipinski definition) is 5. The Labute approximate surface area is 392 Å². The normalized spacial score (nSPS) is 12.5. The van der Waals surface area contributed by atoms with Crippen molar-refractivity contribution >= 4 is 60.9 Å². The minimum absolute atomic E-state index is 0.599. The molecule has 68 heavy (non-hydrogen) atoms. The number of benzene rings is 10. The number of anilines is 3. The number of nitriles is 2. The van der Waals surface area contributed by atoms with E-state index < -0.39 is 5.41 Å². The SMILES string of the molecule is N#Cc1ccc(C2(c3ccc(C#N)cc3)c3ccccc3-c3cc(N(c4ccc(-c5cccc6c5oc5ccccc56)cc4)c4ccc(-c5cccc6c5oc5ccccc56)cc4)ccc32)cc1. The molecular weight excluding hydrogens is 831 g/mol. The van der Waals surface area contributed by atoms with Crippen molar-refractivity contribution in [3.63, 3.8) is 0 Å². The lowest BCUT2D eigenvalue weighted by Crippen LogP contribution is -2.28. The minimum atomic E-state index is -0.712. The Hall–Kier alpha value is -9.42. The van der Waals surface area contributed by atoms with Crippen LogP contribution in [0.5, 0.6) is 0 Å². The van der Waals surface area contributed by atoms with Crippen LogP contribution in [0.4, 0.5) is 17.1 Å². The van der Waals surface area contributed by atoms with Crippen LogP contribution in [0.3, 0.4) is 0 Å². The number of rotatable bonds is 7. The largest absolute Gasteiger partial charge is 0.455 e. The molecule has 1 aliphatic carbocycles. The van der Waals surface area contributed by atoms with Gasteiger partial charge in [0.15, 0.2) is 0 Å². The van der Waals surface area contributed by atoms with Crippen molar-refractivity contribution in [1.82, 2.24) is 0 Å². The molecule has 2 aromatic heterocycles. The minimum Gasteiger partial charge on any atom is -0.455 e. The second-order valence-electron chi connectivity index (χ2n) is 17.4. The van der Waals surface area contributed by atoms with Gasteiger partial charge in [0.05, 0.1) is 28.7 Å². The zero-order valence-electron chi connectivity index (χ0n) is 36.5. The van der Waals surface area contributed by atoms with Gasteiger partial charge in [-0.3, -0.25) is 0 Å². The standard InChI is InChI=1S/C63H37N3O2/c64-38-40-19-27-44(28-20-40)63(45-29-21-41(39-65)22-30-45)57-16-4-1-9-51(57)56-37-48(35-36-58(56)63)66(46-31-23-42(24-32-46)49-12-7-14-54-52-10-2-5-17-59(52)67-61(49)54)47-33-25-43(26-34-47)50-13-8-15-55-53-11-3-6-18-60(53)68-62(50)55/h1-37H. The first kappa shape index (κ1) is 39.0. The highest BCUT2D eigenvalue weighted by Gasteiger charge is 2.46. The summed E-state index contributed by atoms with van der Waals surface area (Å²) < 4.78 is 13.0. The number of para-hydroxylation sites is 4. The van der Waals surface area contributed by atoms with Gasteiger partial charge in [0.1, 0.15) is 22.3 Å². The maximum atomic E-state index is 9.81. The summed E-state index contributed by atoms with van der Waals surface area (Å²) in [5.41, 5.74) is 17.8. The van der Waals surface area contributed by atoms with Crippen LogP contribution in [0, 0.1) is 22.7 Å². The Bertz CT molecular complexity index is 3820. The molecule has 13 rings (SSSR count). The fourth-order valence-corrected chi connectivity index (χ4v) is 10.8. The molecule has 10 aromatic carbocycles. The van der Waals surface area contributed by atoms with Gasteiger partial charge in [0, 0.05) is 49.7 Å². The van der Waals surface area contributed by atoms with E-state index in [4.69, 9.17) is 8.83 Å². The lowest BCUT2D eigenvalue weighted by atomic mass is 9.67. The summed E-state index contributed by atoms with van der Waals surface area (Å²) in [6.45, 7) is 0. The predicted molar refractivity (Wildman–Crippen MR) is 273 cm³/mol. The van der Waals surface area contributed by atoms with E-state index in [0.29, 0.717) is 11.1 Å². The van der Waals surface area contributed by atoms with Gasteiger partial charge in [-0.15, -0.1) is 0 Å². The lowest BCUT2D eigenvalue weighted by Gasteiger charge is -2.34. The predicted octanol–water partition coefficient (Wildman–Crippen LogP) is 16.4. The van der Waals surface area contributed by atoms with Crippen LogP contribution >= 0.6 is 0 Å². The molecule has 0 saturated heterocycles. The molecule has 5 nitrogen and oxygen atoms in total. The van der Waals surface area contributed by atoms with Gasteiger partial charge in [0.25, 0.3) is 0 Å². The van der Waals surface area contributed by atoms with E-state index >= 15 is 0 Å². The Kier molecular flexibility index (Phi) is 8.80. The number of hydrogen-bond donors (Lipinski definition) is 0. The molecule has 0 bridgehead atoms. The average Bonchev–Trinajstić information content (AvgIpc) is 4.08. The van der Waals surface area contributed by atoms with Gasteiger partial charge in [-0.2, -0.15) is 10.5 Å². The van der Waals surface area contributed by atoms with Crippen molar-refractivity contribution in [1.29, 1.82) is 10.5 Å². The molecule has 0 amide bonds. The summed E-state index contributed by atoms with van der Waals surface area (Å²) in [4.78, 5) is 2.32. The summed E-state index contributed by atoms with van der Waals surface area (Å²) in [5, 5.41) is 24.0. The summed E-state index contributed by atoms with van der Waals surface area (Å²) in [5.74, 6) is 0. The molecule has 1 aliphatic rings. The molecule has 5 heteroatoms. The Morgan fingerprint density at radius 3 is 1.29 bits per heavy atom. The van der Waals surface area contributed by atoms with Crippen molar-refractivity contribution in [3.05, 3.63) is 258 Å². The van der Waals surface area contributed by atoms with E-state index in [1.54, 1.807) is 0 Å². The molecule has 0 spiro atoms. The van der Waals surface area contributed by atoms with Gasteiger partial charge in [-0.05, 0) is 117 Å². The number of furan rings is 2. The highest BCUT2D eigenvalue weighted by molar-refractivity contribution is 6.10. The highest BCUT2D eigenvalue weighted by atomic mass is 16.3. The van der Waals surface area contributed by atoms with Crippen molar-refractivity contribution in [2.75, 3.05) is 4.90 Å². The Morgan fingerprint density at radius 1 is 0.353 bits per heavy atom. The van der Waals surface area contributed by atoms with Gasteiger partial charge < -0.3 is 13.7 Å². The summed E-state index contributed by atoms with van der Waals surface area (Å²) >= 11 is 0. The number of fused-ring (bicyclic) bond motifs is 9. The monoisotopic (exact) mass is 867 g/mol. The van der Waals surface area contributed by atoms with Crippen molar-refractivity contribution in [3.8, 4) is 45.5 Å².